The largest absolute Gasteiger partial charge is 0.481 e. The molecule has 104 valence electrons. The zero-order valence-electron chi connectivity index (χ0n) is 11.0. The zero-order valence-corrected chi connectivity index (χ0v) is 11.0. The van der Waals surface area contributed by atoms with Gasteiger partial charge < -0.3 is 15.7 Å². The van der Waals surface area contributed by atoms with Crippen LogP contribution in [0.25, 0.3) is 0 Å². The van der Waals surface area contributed by atoms with Crippen LogP contribution in [0.3, 0.4) is 0 Å². The molecule has 1 aromatic heterocycles. The van der Waals surface area contributed by atoms with Gasteiger partial charge in [-0.15, -0.1) is 0 Å². The van der Waals surface area contributed by atoms with E-state index in [0.29, 0.717) is 12.1 Å². The van der Waals surface area contributed by atoms with E-state index in [4.69, 9.17) is 5.11 Å². The molecule has 1 unspecified atom stereocenters. The lowest BCUT2D eigenvalue weighted by Gasteiger charge is -2.23. The second-order valence-electron chi connectivity index (χ2n) is 4.46. The van der Waals surface area contributed by atoms with Gasteiger partial charge in [-0.3, -0.25) is 4.79 Å². The van der Waals surface area contributed by atoms with Crippen molar-refractivity contribution in [3.05, 3.63) is 24.3 Å². The van der Waals surface area contributed by atoms with Crippen LogP contribution >= 0.6 is 0 Å². The highest BCUT2D eigenvalue weighted by Gasteiger charge is 2.31. The van der Waals surface area contributed by atoms with Crippen LogP contribution in [0.5, 0.6) is 0 Å². The van der Waals surface area contributed by atoms with E-state index < -0.39 is 17.4 Å². The van der Waals surface area contributed by atoms with Crippen LogP contribution in [0.2, 0.25) is 0 Å². The van der Waals surface area contributed by atoms with E-state index in [1.165, 1.54) is 6.33 Å². The minimum atomic E-state index is -0.952. The van der Waals surface area contributed by atoms with E-state index in [1.54, 1.807) is 26.1 Å². The molecule has 7 heteroatoms. The van der Waals surface area contributed by atoms with E-state index in [-0.39, 0.29) is 13.1 Å². The van der Waals surface area contributed by atoms with Crippen molar-refractivity contribution in [2.75, 3.05) is 6.54 Å². The monoisotopic (exact) mass is 266 g/mol. The summed E-state index contributed by atoms with van der Waals surface area (Å²) in [6.45, 7) is 3.72. The summed E-state index contributed by atoms with van der Waals surface area (Å²) in [7, 11) is 0. The van der Waals surface area contributed by atoms with E-state index in [9.17, 15) is 9.59 Å². The molecule has 0 aliphatic heterocycles. The SMILES string of the molecule is CCC(C)(CNC(=O)NCc1ccncn1)C(=O)O. The normalized spacial score (nSPS) is 13.4. The summed E-state index contributed by atoms with van der Waals surface area (Å²) in [4.78, 5) is 30.3. The van der Waals surface area contributed by atoms with Crippen LogP contribution in [-0.4, -0.2) is 33.6 Å². The molecule has 0 spiro atoms. The number of carbonyl (C=O) groups excluding carboxylic acids is 1. The number of amides is 2. The Hall–Kier alpha value is -2.18. The third-order valence-corrected chi connectivity index (χ3v) is 3.01. The number of urea groups is 1. The molecule has 1 aromatic rings. The molecule has 1 rings (SSSR count). The maximum Gasteiger partial charge on any atom is 0.315 e. The number of rotatable bonds is 6. The van der Waals surface area contributed by atoms with Crippen molar-refractivity contribution >= 4 is 12.0 Å². The molecule has 0 aliphatic rings. The molecule has 0 aliphatic carbocycles. The first-order chi connectivity index (χ1) is 8.98. The van der Waals surface area contributed by atoms with Gasteiger partial charge in [-0.1, -0.05) is 6.92 Å². The molecule has 0 fully saturated rings. The average Bonchev–Trinajstić information content (AvgIpc) is 2.43. The van der Waals surface area contributed by atoms with E-state index >= 15 is 0 Å². The van der Waals surface area contributed by atoms with Gasteiger partial charge in [0.25, 0.3) is 0 Å². The quantitative estimate of drug-likeness (QED) is 0.705. The van der Waals surface area contributed by atoms with E-state index in [1.807, 2.05) is 0 Å². The first-order valence-corrected chi connectivity index (χ1v) is 5.98. The highest BCUT2D eigenvalue weighted by Crippen LogP contribution is 2.19. The van der Waals surface area contributed by atoms with Crippen LogP contribution in [0.15, 0.2) is 18.6 Å². The minimum absolute atomic E-state index is 0.0778. The first kappa shape index (κ1) is 14.9. The van der Waals surface area contributed by atoms with Crippen LogP contribution < -0.4 is 10.6 Å². The van der Waals surface area contributed by atoms with Crippen molar-refractivity contribution in [2.45, 2.75) is 26.8 Å². The molecule has 3 N–H and O–H groups in total. The zero-order chi connectivity index (χ0) is 14.3. The highest BCUT2D eigenvalue weighted by atomic mass is 16.4. The molecular weight excluding hydrogens is 248 g/mol. The van der Waals surface area contributed by atoms with Gasteiger partial charge in [0, 0.05) is 12.7 Å². The molecule has 0 saturated heterocycles. The Morgan fingerprint density at radius 1 is 1.42 bits per heavy atom. The summed E-state index contributed by atoms with van der Waals surface area (Å²) in [5, 5.41) is 14.2. The second kappa shape index (κ2) is 6.67. The van der Waals surface area contributed by atoms with E-state index in [0.717, 1.165) is 0 Å². The molecule has 7 nitrogen and oxygen atoms in total. The maximum atomic E-state index is 11.5. The number of aromatic nitrogens is 2. The van der Waals surface area contributed by atoms with Crippen molar-refractivity contribution in [2.24, 2.45) is 5.41 Å². The Kier molecular flexibility index (Phi) is 5.23. The highest BCUT2D eigenvalue weighted by molar-refractivity contribution is 5.77. The Bertz CT molecular complexity index is 438. The molecule has 19 heavy (non-hydrogen) atoms. The van der Waals surface area contributed by atoms with Crippen molar-refractivity contribution in [3.8, 4) is 0 Å². The number of aliphatic carboxylic acids is 1. The summed E-state index contributed by atoms with van der Waals surface area (Å²) in [6.07, 6.45) is 3.42. The van der Waals surface area contributed by atoms with Gasteiger partial charge in [-0.25, -0.2) is 14.8 Å². The van der Waals surface area contributed by atoms with Crippen molar-refractivity contribution in [1.82, 2.24) is 20.6 Å². The maximum absolute atomic E-state index is 11.5. The van der Waals surface area contributed by atoms with Gasteiger partial charge in [0.2, 0.25) is 0 Å². The predicted molar refractivity (Wildman–Crippen MR) is 68.3 cm³/mol. The third kappa shape index (κ3) is 4.53. The topological polar surface area (TPSA) is 104 Å². The minimum Gasteiger partial charge on any atom is -0.481 e. The number of carbonyl (C=O) groups is 2. The lowest BCUT2D eigenvalue weighted by atomic mass is 9.88. The van der Waals surface area contributed by atoms with Gasteiger partial charge in [-0.2, -0.15) is 0 Å². The van der Waals surface area contributed by atoms with Crippen molar-refractivity contribution in [1.29, 1.82) is 0 Å². The summed E-state index contributed by atoms with van der Waals surface area (Å²) in [5.74, 6) is -0.925. The Morgan fingerprint density at radius 3 is 2.68 bits per heavy atom. The fraction of sp³-hybridized carbons (Fsp3) is 0.500. The molecule has 0 bridgehead atoms. The average molecular weight is 266 g/mol. The summed E-state index contributed by atoms with van der Waals surface area (Å²) in [5.41, 5.74) is -0.270. The number of carboxylic acid groups (broad SMARTS) is 1. The Morgan fingerprint density at radius 2 is 2.16 bits per heavy atom. The number of nitrogens with one attached hydrogen (secondary N) is 2. The van der Waals surface area contributed by atoms with Gasteiger partial charge in [0.15, 0.2) is 0 Å². The predicted octanol–water partition coefficient (Wildman–Crippen LogP) is 0.777. The Labute approximate surface area is 111 Å². The molecule has 0 saturated carbocycles. The lowest BCUT2D eigenvalue weighted by molar-refractivity contribution is -0.147. The van der Waals surface area contributed by atoms with Gasteiger partial charge >= 0.3 is 12.0 Å². The number of carboxylic acids is 1. The second-order valence-corrected chi connectivity index (χ2v) is 4.46. The smallest absolute Gasteiger partial charge is 0.315 e. The van der Waals surface area contributed by atoms with Crippen LogP contribution in [-0.2, 0) is 11.3 Å². The lowest BCUT2D eigenvalue weighted by Crippen LogP contribution is -2.44. The number of hydrogen-bond acceptors (Lipinski definition) is 4. The van der Waals surface area contributed by atoms with Crippen molar-refractivity contribution < 1.29 is 14.7 Å². The molecular formula is C12H18N4O3. The van der Waals surface area contributed by atoms with Gasteiger partial charge in [-0.05, 0) is 19.4 Å². The third-order valence-electron chi connectivity index (χ3n) is 3.01. The molecule has 0 aromatic carbocycles. The standard InChI is InChI=1S/C12H18N4O3/c1-3-12(2,10(17)18)7-15-11(19)14-6-9-4-5-13-8-16-9/h4-5,8H,3,6-7H2,1-2H3,(H,17,18)(H2,14,15,19). The first-order valence-electron chi connectivity index (χ1n) is 5.98. The van der Waals surface area contributed by atoms with E-state index in [2.05, 4.69) is 20.6 Å². The van der Waals surface area contributed by atoms with Crippen LogP contribution in [0.4, 0.5) is 4.79 Å². The van der Waals surface area contributed by atoms with Crippen LogP contribution in [0.1, 0.15) is 26.0 Å². The van der Waals surface area contributed by atoms with Crippen molar-refractivity contribution in [3.63, 3.8) is 0 Å². The summed E-state index contributed by atoms with van der Waals surface area (Å²) in [6, 6.07) is 1.27. The summed E-state index contributed by atoms with van der Waals surface area (Å²) >= 11 is 0. The van der Waals surface area contributed by atoms with Crippen LogP contribution in [0, 0.1) is 5.41 Å². The molecule has 2 amide bonds. The van der Waals surface area contributed by atoms with Gasteiger partial charge in [0.1, 0.15) is 6.33 Å². The fourth-order valence-electron chi connectivity index (χ4n) is 1.28. The molecule has 0 radical (unpaired) electrons. The Balaban J connectivity index is 2.38. The van der Waals surface area contributed by atoms with Gasteiger partial charge in [0.05, 0.1) is 17.7 Å². The number of nitrogens with zero attached hydrogens (tertiary/aromatic N) is 2. The molecule has 1 atom stereocenters. The fourth-order valence-corrected chi connectivity index (χ4v) is 1.28. The molecule has 1 heterocycles. The number of hydrogen-bond donors (Lipinski definition) is 3. The summed E-state index contributed by atoms with van der Waals surface area (Å²) < 4.78 is 0.